The predicted molar refractivity (Wildman–Crippen MR) is 49.6 cm³/mol. The van der Waals surface area contributed by atoms with E-state index in [0.29, 0.717) is 12.6 Å². The highest BCUT2D eigenvalue weighted by Crippen LogP contribution is 2.25. The van der Waals surface area contributed by atoms with Crippen molar-refractivity contribution >= 4 is 0 Å². The molecular weight excluding hydrogens is 152 g/mol. The Kier molecular flexibility index (Phi) is 3.09. The highest BCUT2D eigenvalue weighted by atomic mass is 16.7. The summed E-state index contributed by atoms with van der Waals surface area (Å²) in [6, 6.07) is 0.347. The average Bonchev–Trinajstić information content (AvgIpc) is 2.38. The van der Waals surface area contributed by atoms with Gasteiger partial charge in [0.1, 0.15) is 0 Å². The monoisotopic (exact) mass is 172 g/mol. The molecule has 0 aromatic heterocycles. The first-order chi connectivity index (χ1) is 5.55. The van der Waals surface area contributed by atoms with Gasteiger partial charge in [0.05, 0.1) is 12.6 Å². The molecule has 1 aliphatic heterocycles. The molecule has 0 aliphatic carbocycles. The fourth-order valence-corrected chi connectivity index (χ4v) is 1.62. The first-order valence-electron chi connectivity index (χ1n) is 4.65. The smallest absolute Gasteiger partial charge is 0.0698 e. The van der Waals surface area contributed by atoms with E-state index < -0.39 is 0 Å². The van der Waals surface area contributed by atoms with Crippen LogP contribution < -0.4 is 5.73 Å². The van der Waals surface area contributed by atoms with E-state index in [0.717, 1.165) is 19.6 Å². The zero-order valence-corrected chi connectivity index (χ0v) is 8.34. The largest absolute Gasteiger partial charge is 0.329 e. The number of hydroxylamine groups is 2. The van der Waals surface area contributed by atoms with Crippen molar-refractivity contribution in [2.75, 3.05) is 19.7 Å². The van der Waals surface area contributed by atoms with E-state index in [-0.39, 0.29) is 5.41 Å². The van der Waals surface area contributed by atoms with E-state index in [4.69, 9.17) is 10.6 Å². The van der Waals surface area contributed by atoms with Crippen LogP contribution in [-0.2, 0) is 4.84 Å². The lowest BCUT2D eigenvalue weighted by atomic mass is 9.86. The van der Waals surface area contributed by atoms with Crippen LogP contribution in [0.5, 0.6) is 0 Å². The second-order valence-electron chi connectivity index (χ2n) is 4.44. The molecule has 0 aromatic carbocycles. The molecule has 0 bridgehead atoms. The third-order valence-electron chi connectivity index (χ3n) is 2.35. The number of nitrogens with zero attached hydrogens (tertiary/aromatic N) is 1. The van der Waals surface area contributed by atoms with Crippen molar-refractivity contribution in [3.63, 3.8) is 0 Å². The van der Waals surface area contributed by atoms with Gasteiger partial charge in [0, 0.05) is 13.1 Å². The topological polar surface area (TPSA) is 38.5 Å². The van der Waals surface area contributed by atoms with Gasteiger partial charge in [0.15, 0.2) is 0 Å². The van der Waals surface area contributed by atoms with E-state index in [2.05, 4.69) is 20.8 Å². The summed E-state index contributed by atoms with van der Waals surface area (Å²) < 4.78 is 0. The minimum Gasteiger partial charge on any atom is -0.329 e. The van der Waals surface area contributed by atoms with Crippen molar-refractivity contribution < 1.29 is 4.84 Å². The molecule has 1 rings (SSSR count). The fourth-order valence-electron chi connectivity index (χ4n) is 1.62. The molecule has 12 heavy (non-hydrogen) atoms. The molecule has 1 saturated heterocycles. The standard InChI is InChI=1S/C9H20N2O/c1-9(2,3)8(7-10)11-5-4-6-12-11/h8H,4-7,10H2,1-3H3. The van der Waals surface area contributed by atoms with Gasteiger partial charge in [0.25, 0.3) is 0 Å². The van der Waals surface area contributed by atoms with Crippen LogP contribution in [0.4, 0.5) is 0 Å². The van der Waals surface area contributed by atoms with Crippen molar-refractivity contribution in [1.29, 1.82) is 0 Å². The maximum atomic E-state index is 5.72. The van der Waals surface area contributed by atoms with E-state index in [1.54, 1.807) is 0 Å². The summed E-state index contributed by atoms with van der Waals surface area (Å²) in [7, 11) is 0. The molecule has 0 saturated carbocycles. The van der Waals surface area contributed by atoms with Crippen molar-refractivity contribution in [3.05, 3.63) is 0 Å². The summed E-state index contributed by atoms with van der Waals surface area (Å²) >= 11 is 0. The van der Waals surface area contributed by atoms with E-state index in [1.807, 2.05) is 5.06 Å². The highest BCUT2D eigenvalue weighted by molar-refractivity contribution is 4.81. The molecule has 1 aliphatic rings. The molecule has 1 fully saturated rings. The zero-order chi connectivity index (χ0) is 9.19. The van der Waals surface area contributed by atoms with Crippen LogP contribution in [-0.4, -0.2) is 30.8 Å². The van der Waals surface area contributed by atoms with E-state index in [1.165, 1.54) is 0 Å². The van der Waals surface area contributed by atoms with Crippen LogP contribution in [0.3, 0.4) is 0 Å². The molecule has 3 nitrogen and oxygen atoms in total. The third kappa shape index (κ3) is 2.19. The summed E-state index contributed by atoms with van der Waals surface area (Å²) in [4.78, 5) is 5.49. The number of hydrogen-bond donors (Lipinski definition) is 1. The molecule has 0 spiro atoms. The van der Waals surface area contributed by atoms with Gasteiger partial charge in [-0.05, 0) is 11.8 Å². The molecule has 1 heterocycles. The quantitative estimate of drug-likeness (QED) is 0.675. The van der Waals surface area contributed by atoms with Crippen LogP contribution >= 0.6 is 0 Å². The lowest BCUT2D eigenvalue weighted by Gasteiger charge is -2.35. The van der Waals surface area contributed by atoms with Gasteiger partial charge in [-0.25, -0.2) is 0 Å². The number of hydrogen-bond acceptors (Lipinski definition) is 3. The second kappa shape index (κ2) is 3.73. The first kappa shape index (κ1) is 9.96. The van der Waals surface area contributed by atoms with Crippen LogP contribution in [0.1, 0.15) is 27.2 Å². The summed E-state index contributed by atoms with van der Waals surface area (Å²) in [6.07, 6.45) is 1.13. The minimum atomic E-state index is 0.207. The van der Waals surface area contributed by atoms with Crippen LogP contribution in [0.25, 0.3) is 0 Å². The van der Waals surface area contributed by atoms with Gasteiger partial charge >= 0.3 is 0 Å². The van der Waals surface area contributed by atoms with Crippen molar-refractivity contribution in [2.45, 2.75) is 33.2 Å². The Morgan fingerprint density at radius 2 is 2.17 bits per heavy atom. The van der Waals surface area contributed by atoms with Gasteiger partial charge < -0.3 is 5.73 Å². The summed E-state index contributed by atoms with van der Waals surface area (Å²) in [5, 5.41) is 2.04. The molecule has 3 heteroatoms. The summed E-state index contributed by atoms with van der Waals surface area (Å²) in [5.41, 5.74) is 5.92. The Bertz CT molecular complexity index is 136. The minimum absolute atomic E-state index is 0.207. The van der Waals surface area contributed by atoms with Crippen LogP contribution in [0.15, 0.2) is 0 Å². The summed E-state index contributed by atoms with van der Waals surface area (Å²) in [6.45, 7) is 9.15. The van der Waals surface area contributed by atoms with Gasteiger partial charge in [-0.1, -0.05) is 20.8 Å². The Balaban J connectivity index is 2.54. The molecule has 0 amide bonds. The van der Waals surface area contributed by atoms with E-state index >= 15 is 0 Å². The van der Waals surface area contributed by atoms with Gasteiger partial charge in [-0.15, -0.1) is 0 Å². The Morgan fingerprint density at radius 3 is 2.50 bits per heavy atom. The third-order valence-corrected chi connectivity index (χ3v) is 2.35. The lowest BCUT2D eigenvalue weighted by Crippen LogP contribution is -2.46. The maximum Gasteiger partial charge on any atom is 0.0698 e. The molecule has 0 radical (unpaired) electrons. The number of nitrogens with two attached hydrogens (primary N) is 1. The van der Waals surface area contributed by atoms with Crippen molar-refractivity contribution in [3.8, 4) is 0 Å². The highest BCUT2D eigenvalue weighted by Gasteiger charge is 2.31. The van der Waals surface area contributed by atoms with Crippen molar-refractivity contribution in [1.82, 2.24) is 5.06 Å². The van der Waals surface area contributed by atoms with Gasteiger partial charge in [-0.2, -0.15) is 5.06 Å². The van der Waals surface area contributed by atoms with Crippen LogP contribution in [0.2, 0.25) is 0 Å². The van der Waals surface area contributed by atoms with Gasteiger partial charge in [-0.3, -0.25) is 4.84 Å². The molecule has 2 N–H and O–H groups in total. The second-order valence-corrected chi connectivity index (χ2v) is 4.44. The molecule has 1 atom stereocenters. The van der Waals surface area contributed by atoms with Crippen LogP contribution in [0, 0.1) is 5.41 Å². The number of rotatable bonds is 2. The molecule has 72 valence electrons. The van der Waals surface area contributed by atoms with Gasteiger partial charge in [0.2, 0.25) is 0 Å². The first-order valence-corrected chi connectivity index (χ1v) is 4.65. The zero-order valence-electron chi connectivity index (χ0n) is 8.34. The normalized spacial score (nSPS) is 23.0. The van der Waals surface area contributed by atoms with E-state index in [9.17, 15) is 0 Å². The molecule has 0 aromatic rings. The fraction of sp³-hybridized carbons (Fsp3) is 1.00. The lowest BCUT2D eigenvalue weighted by molar-refractivity contribution is -0.161. The Hall–Kier alpha value is -0.120. The summed E-state index contributed by atoms with van der Waals surface area (Å²) in [5.74, 6) is 0. The predicted octanol–water partition coefficient (Wildman–Crippen LogP) is 0.997. The Morgan fingerprint density at radius 1 is 1.50 bits per heavy atom. The molecule has 1 unspecified atom stereocenters. The average molecular weight is 172 g/mol. The molecular formula is C9H20N2O. The van der Waals surface area contributed by atoms with Crippen molar-refractivity contribution in [2.24, 2.45) is 11.1 Å². The SMILES string of the molecule is CC(C)(C)C(CN)N1CCCO1. The Labute approximate surface area is 74.8 Å². The maximum absolute atomic E-state index is 5.72.